The number of thiophene rings is 1. The Morgan fingerprint density at radius 2 is 2.06 bits per heavy atom. The van der Waals surface area contributed by atoms with Gasteiger partial charge in [0.15, 0.2) is 5.96 Å². The number of hydrogen-bond acceptors (Lipinski definition) is 2. The zero-order valence-corrected chi connectivity index (χ0v) is 14.5. The summed E-state index contributed by atoms with van der Waals surface area (Å²) in [5.74, 6) is 0.408. The lowest BCUT2D eigenvalue weighted by molar-refractivity contribution is 0.508. The standard InChI is InChI=1S/C10H15Cl2N3S.HI/c1-10(2,3)15-9(13)14-5-6-4-7(11)16-8(6)12;/h4H,5H2,1-3H3,(H3,13,14,15);1H. The molecule has 98 valence electrons. The molecule has 1 aromatic rings. The van der Waals surface area contributed by atoms with Crippen molar-refractivity contribution in [1.29, 1.82) is 0 Å². The predicted octanol–water partition coefficient (Wildman–Crippen LogP) is 3.88. The molecule has 0 bridgehead atoms. The maximum atomic E-state index is 5.97. The van der Waals surface area contributed by atoms with Crippen LogP contribution in [0.2, 0.25) is 8.67 Å². The van der Waals surface area contributed by atoms with Crippen LogP contribution in [0.25, 0.3) is 0 Å². The number of aliphatic imine (C=N–C) groups is 1. The monoisotopic (exact) mass is 407 g/mol. The highest BCUT2D eigenvalue weighted by molar-refractivity contribution is 14.0. The van der Waals surface area contributed by atoms with Gasteiger partial charge in [-0.05, 0) is 26.8 Å². The fourth-order valence-corrected chi connectivity index (χ4v) is 2.55. The smallest absolute Gasteiger partial charge is 0.189 e. The Hall–Kier alpha value is 0.280. The van der Waals surface area contributed by atoms with Crippen molar-refractivity contribution in [3.8, 4) is 0 Å². The molecule has 0 aromatic carbocycles. The second-order valence-corrected chi connectivity index (χ2v) is 6.71. The van der Waals surface area contributed by atoms with Gasteiger partial charge >= 0.3 is 0 Å². The lowest BCUT2D eigenvalue weighted by Gasteiger charge is -2.20. The highest BCUT2D eigenvalue weighted by atomic mass is 127. The van der Waals surface area contributed by atoms with Crippen LogP contribution in [0.5, 0.6) is 0 Å². The van der Waals surface area contributed by atoms with Crippen LogP contribution in [0.3, 0.4) is 0 Å². The van der Waals surface area contributed by atoms with Gasteiger partial charge in [-0.25, -0.2) is 4.99 Å². The van der Waals surface area contributed by atoms with Crippen molar-refractivity contribution in [3.63, 3.8) is 0 Å². The summed E-state index contributed by atoms with van der Waals surface area (Å²) < 4.78 is 1.33. The van der Waals surface area contributed by atoms with E-state index in [1.54, 1.807) is 0 Å². The van der Waals surface area contributed by atoms with Gasteiger partial charge in [0.2, 0.25) is 0 Å². The zero-order chi connectivity index (χ0) is 12.3. The van der Waals surface area contributed by atoms with E-state index < -0.39 is 0 Å². The summed E-state index contributed by atoms with van der Waals surface area (Å²) >= 11 is 13.1. The molecular weight excluding hydrogens is 392 g/mol. The van der Waals surface area contributed by atoms with Gasteiger partial charge in [0.05, 0.1) is 15.2 Å². The van der Waals surface area contributed by atoms with Crippen LogP contribution in [-0.2, 0) is 6.54 Å². The average Bonchev–Trinajstić information content (AvgIpc) is 2.38. The van der Waals surface area contributed by atoms with Crippen LogP contribution in [0.1, 0.15) is 26.3 Å². The number of nitrogens with zero attached hydrogens (tertiary/aromatic N) is 1. The van der Waals surface area contributed by atoms with E-state index in [9.17, 15) is 0 Å². The summed E-state index contributed by atoms with van der Waals surface area (Å²) in [7, 11) is 0. The summed E-state index contributed by atoms with van der Waals surface area (Å²) in [6, 6.07) is 1.81. The molecule has 0 unspecified atom stereocenters. The number of nitrogens with two attached hydrogens (primary N) is 1. The molecule has 1 aromatic heterocycles. The van der Waals surface area contributed by atoms with Gasteiger partial charge < -0.3 is 11.1 Å². The molecule has 0 fully saturated rings. The maximum Gasteiger partial charge on any atom is 0.189 e. The second-order valence-electron chi connectivity index (χ2n) is 4.43. The molecule has 0 amide bonds. The first-order valence-electron chi connectivity index (χ1n) is 4.80. The lowest BCUT2D eigenvalue weighted by atomic mass is 10.1. The summed E-state index contributed by atoms with van der Waals surface area (Å²) in [6.45, 7) is 6.49. The Morgan fingerprint density at radius 1 is 1.47 bits per heavy atom. The molecule has 17 heavy (non-hydrogen) atoms. The minimum Gasteiger partial charge on any atom is -0.370 e. The zero-order valence-electron chi connectivity index (χ0n) is 9.88. The van der Waals surface area contributed by atoms with Crippen LogP contribution in [0, 0.1) is 0 Å². The molecule has 3 nitrogen and oxygen atoms in total. The van der Waals surface area contributed by atoms with Crippen molar-refractivity contribution in [2.75, 3.05) is 0 Å². The minimum atomic E-state index is -0.0936. The molecule has 0 aliphatic rings. The molecule has 3 N–H and O–H groups in total. The maximum absolute atomic E-state index is 5.97. The summed E-state index contributed by atoms with van der Waals surface area (Å²) in [5.41, 5.74) is 6.54. The van der Waals surface area contributed by atoms with Crippen molar-refractivity contribution in [2.45, 2.75) is 32.9 Å². The summed E-state index contributed by atoms with van der Waals surface area (Å²) in [4.78, 5) is 4.20. The van der Waals surface area contributed by atoms with Gasteiger partial charge in [-0.1, -0.05) is 23.2 Å². The largest absolute Gasteiger partial charge is 0.370 e. The summed E-state index contributed by atoms with van der Waals surface area (Å²) in [5, 5.41) is 3.07. The van der Waals surface area contributed by atoms with Gasteiger partial charge in [0.1, 0.15) is 0 Å². The van der Waals surface area contributed by atoms with E-state index in [2.05, 4.69) is 10.3 Å². The molecule has 0 spiro atoms. The van der Waals surface area contributed by atoms with Crippen molar-refractivity contribution >= 4 is 64.5 Å². The molecule has 7 heteroatoms. The molecule has 0 aliphatic heterocycles. The molecule has 1 rings (SSSR count). The Labute approximate surface area is 133 Å². The Morgan fingerprint density at radius 3 is 2.47 bits per heavy atom. The first-order chi connectivity index (χ1) is 7.28. The van der Waals surface area contributed by atoms with Crippen molar-refractivity contribution < 1.29 is 0 Å². The highest BCUT2D eigenvalue weighted by Crippen LogP contribution is 2.31. The van der Waals surface area contributed by atoms with Gasteiger partial charge in [-0.15, -0.1) is 35.3 Å². The minimum absolute atomic E-state index is 0. The fraction of sp³-hybridized carbons (Fsp3) is 0.500. The highest BCUT2D eigenvalue weighted by Gasteiger charge is 2.10. The van der Waals surface area contributed by atoms with Crippen LogP contribution in [0.4, 0.5) is 0 Å². The first-order valence-corrected chi connectivity index (χ1v) is 6.37. The SMILES string of the molecule is CC(C)(C)NC(N)=NCc1cc(Cl)sc1Cl.I. The third-order valence-corrected chi connectivity index (χ3v) is 3.22. The normalized spacial score (nSPS) is 12.2. The van der Waals surface area contributed by atoms with E-state index in [1.165, 1.54) is 11.3 Å². The van der Waals surface area contributed by atoms with Crippen molar-refractivity contribution in [1.82, 2.24) is 5.32 Å². The van der Waals surface area contributed by atoms with Crippen LogP contribution in [0.15, 0.2) is 11.1 Å². The van der Waals surface area contributed by atoms with Gasteiger partial charge in [-0.3, -0.25) is 0 Å². The molecule has 0 saturated carbocycles. The predicted molar refractivity (Wildman–Crippen MR) is 88.0 cm³/mol. The van der Waals surface area contributed by atoms with E-state index in [0.717, 1.165) is 5.56 Å². The van der Waals surface area contributed by atoms with E-state index >= 15 is 0 Å². The molecule has 0 aliphatic carbocycles. The number of halogens is 3. The molecular formula is C10H16Cl2IN3S. The number of nitrogens with one attached hydrogen (secondary N) is 1. The van der Waals surface area contributed by atoms with Gasteiger partial charge in [-0.2, -0.15) is 0 Å². The third-order valence-electron chi connectivity index (χ3n) is 1.65. The summed E-state index contributed by atoms with van der Waals surface area (Å²) in [6.07, 6.45) is 0. The molecule has 0 saturated heterocycles. The fourth-order valence-electron chi connectivity index (χ4n) is 1.08. The van der Waals surface area contributed by atoms with Gasteiger partial charge in [0.25, 0.3) is 0 Å². The van der Waals surface area contributed by atoms with Crippen LogP contribution in [-0.4, -0.2) is 11.5 Å². The van der Waals surface area contributed by atoms with E-state index in [1.807, 2.05) is 26.8 Å². The average molecular weight is 408 g/mol. The number of guanidine groups is 1. The first kappa shape index (κ1) is 17.3. The van der Waals surface area contributed by atoms with Crippen LogP contribution >= 0.6 is 58.5 Å². The quantitative estimate of drug-likeness (QED) is 0.444. The Bertz CT molecular complexity index is 399. The van der Waals surface area contributed by atoms with E-state index in [4.69, 9.17) is 28.9 Å². The molecule has 0 radical (unpaired) electrons. The molecule has 1 heterocycles. The third kappa shape index (κ3) is 6.69. The lowest BCUT2D eigenvalue weighted by Crippen LogP contribution is -2.44. The number of rotatable bonds is 2. The Balaban J connectivity index is 0.00000256. The topological polar surface area (TPSA) is 50.4 Å². The van der Waals surface area contributed by atoms with E-state index in [-0.39, 0.29) is 29.5 Å². The van der Waals surface area contributed by atoms with E-state index in [0.29, 0.717) is 21.2 Å². The van der Waals surface area contributed by atoms with Crippen molar-refractivity contribution in [2.24, 2.45) is 10.7 Å². The molecule has 0 atom stereocenters. The number of hydrogen-bond donors (Lipinski definition) is 2. The van der Waals surface area contributed by atoms with Crippen LogP contribution < -0.4 is 11.1 Å². The van der Waals surface area contributed by atoms with Gasteiger partial charge in [0, 0.05) is 11.1 Å². The Kier molecular flexibility index (Phi) is 7.13. The second kappa shape index (κ2) is 7.01. The van der Waals surface area contributed by atoms with Crippen molar-refractivity contribution in [3.05, 3.63) is 20.3 Å².